The monoisotopic (exact) mass is 473 g/mol. The van der Waals surface area contributed by atoms with Gasteiger partial charge in [0.2, 0.25) is 0 Å². The summed E-state index contributed by atoms with van der Waals surface area (Å²) >= 11 is 10.2. The summed E-state index contributed by atoms with van der Waals surface area (Å²) in [5.41, 5.74) is 0.996. The molecule has 0 atom stereocenters. The molecule has 1 N–H and O–H groups in total. The van der Waals surface area contributed by atoms with Gasteiger partial charge in [-0.15, -0.1) is 11.3 Å². The van der Waals surface area contributed by atoms with E-state index in [1.807, 2.05) is 0 Å². The Morgan fingerprint density at radius 3 is 2.52 bits per heavy atom. The lowest BCUT2D eigenvalue weighted by molar-refractivity contribution is 0.0527. The molecule has 0 aliphatic carbocycles. The second kappa shape index (κ2) is 9.34. The van der Waals surface area contributed by atoms with E-state index in [2.05, 4.69) is 20.9 Å². The number of ether oxygens (including phenoxy) is 2. The molecule has 0 amide bonds. The third-order valence-electron chi connectivity index (χ3n) is 3.45. The van der Waals surface area contributed by atoms with Crippen LogP contribution in [0.2, 0.25) is 5.02 Å². The van der Waals surface area contributed by atoms with E-state index in [1.165, 1.54) is 12.3 Å². The van der Waals surface area contributed by atoms with Crippen LogP contribution in [0.3, 0.4) is 0 Å². The van der Waals surface area contributed by atoms with Crippen molar-refractivity contribution < 1.29 is 24.2 Å². The first-order valence-corrected chi connectivity index (χ1v) is 9.98. The fourth-order valence-corrected chi connectivity index (χ4v) is 4.11. The molecular weight excluding hydrogens is 458 g/mol. The fourth-order valence-electron chi connectivity index (χ4n) is 2.24. The Hall–Kier alpha value is -1.90. The molecule has 0 unspecified atom stereocenters. The van der Waals surface area contributed by atoms with Gasteiger partial charge in [0.25, 0.3) is 0 Å². The summed E-state index contributed by atoms with van der Waals surface area (Å²) in [5.74, 6) is -1.15. The van der Waals surface area contributed by atoms with Crippen molar-refractivity contribution in [2.24, 2.45) is 4.99 Å². The summed E-state index contributed by atoms with van der Waals surface area (Å²) in [4.78, 5) is 29.1. The van der Waals surface area contributed by atoms with Crippen LogP contribution in [-0.4, -0.2) is 36.5 Å². The second-order valence-corrected chi connectivity index (χ2v) is 7.55. The Balaban J connectivity index is 2.53. The number of thiophene rings is 1. The highest BCUT2D eigenvalue weighted by Crippen LogP contribution is 2.37. The first kappa shape index (κ1) is 21.4. The van der Waals surface area contributed by atoms with E-state index >= 15 is 0 Å². The SMILES string of the molecule is CCOC(=O)c1sc(N=Cc2cc(Cl)cc(Br)c2O)c(C(=O)OCC)c1C. The molecule has 0 spiro atoms. The Morgan fingerprint density at radius 2 is 1.89 bits per heavy atom. The van der Waals surface area contributed by atoms with Gasteiger partial charge in [0.05, 0.1) is 17.7 Å². The van der Waals surface area contributed by atoms with E-state index in [0.29, 0.717) is 20.6 Å². The lowest BCUT2D eigenvalue weighted by atomic mass is 10.1. The molecular formula is C18H17BrClNO5S. The minimum absolute atomic E-state index is 0.0419. The zero-order chi connectivity index (χ0) is 20.1. The molecule has 9 heteroatoms. The number of phenolic OH excluding ortho intramolecular Hbond substituents is 1. The van der Waals surface area contributed by atoms with Crippen LogP contribution in [0.15, 0.2) is 21.6 Å². The number of esters is 2. The topological polar surface area (TPSA) is 85.2 Å². The molecule has 1 heterocycles. The molecule has 0 aliphatic rings. The summed E-state index contributed by atoms with van der Waals surface area (Å²) < 4.78 is 10.5. The van der Waals surface area contributed by atoms with Crippen molar-refractivity contribution in [1.82, 2.24) is 0 Å². The van der Waals surface area contributed by atoms with Crippen LogP contribution < -0.4 is 0 Å². The smallest absolute Gasteiger partial charge is 0.348 e. The van der Waals surface area contributed by atoms with Gasteiger partial charge < -0.3 is 14.6 Å². The van der Waals surface area contributed by atoms with Gasteiger partial charge >= 0.3 is 11.9 Å². The number of rotatable bonds is 6. The predicted molar refractivity (Wildman–Crippen MR) is 109 cm³/mol. The van der Waals surface area contributed by atoms with Crippen molar-refractivity contribution in [1.29, 1.82) is 0 Å². The van der Waals surface area contributed by atoms with Gasteiger partial charge in [-0.2, -0.15) is 0 Å². The quantitative estimate of drug-likeness (QED) is 0.455. The highest BCUT2D eigenvalue weighted by atomic mass is 79.9. The average molecular weight is 475 g/mol. The van der Waals surface area contributed by atoms with Crippen molar-refractivity contribution in [2.75, 3.05) is 13.2 Å². The van der Waals surface area contributed by atoms with Crippen LogP contribution in [-0.2, 0) is 9.47 Å². The fraction of sp³-hybridized carbons (Fsp3) is 0.278. The maximum Gasteiger partial charge on any atom is 0.348 e. The van der Waals surface area contributed by atoms with Gasteiger partial charge in [-0.05, 0) is 54.4 Å². The first-order valence-electron chi connectivity index (χ1n) is 7.99. The van der Waals surface area contributed by atoms with Crippen molar-refractivity contribution in [2.45, 2.75) is 20.8 Å². The molecule has 0 radical (unpaired) electrons. The first-order chi connectivity index (χ1) is 12.8. The molecule has 1 aromatic heterocycles. The normalized spacial score (nSPS) is 11.0. The lowest BCUT2D eigenvalue weighted by Crippen LogP contribution is -2.08. The van der Waals surface area contributed by atoms with Gasteiger partial charge in [-0.25, -0.2) is 14.6 Å². The standard InChI is InChI=1S/C18H17BrClNO5S/c1-4-25-17(23)13-9(3)15(18(24)26-5-2)27-16(13)21-8-10-6-11(20)7-12(19)14(10)22/h6-8,22H,4-5H2,1-3H3. The molecule has 0 bridgehead atoms. The number of hydrogen-bond donors (Lipinski definition) is 1. The number of nitrogens with zero attached hydrogens (tertiary/aromatic N) is 1. The lowest BCUT2D eigenvalue weighted by Gasteiger charge is -2.04. The maximum absolute atomic E-state index is 12.3. The summed E-state index contributed by atoms with van der Waals surface area (Å²) in [5, 5.41) is 10.8. The van der Waals surface area contributed by atoms with Crippen molar-refractivity contribution >= 4 is 62.0 Å². The van der Waals surface area contributed by atoms with Crippen LogP contribution in [0.1, 0.15) is 45.0 Å². The molecule has 2 rings (SSSR count). The van der Waals surface area contributed by atoms with Gasteiger partial charge in [0.1, 0.15) is 21.2 Å². The van der Waals surface area contributed by atoms with Gasteiger partial charge in [0.15, 0.2) is 0 Å². The number of phenols is 1. The Labute approximate surface area is 173 Å². The van der Waals surface area contributed by atoms with Crippen LogP contribution >= 0.6 is 38.9 Å². The number of carbonyl (C=O) groups is 2. The molecule has 0 saturated carbocycles. The van der Waals surface area contributed by atoms with Crippen LogP contribution in [0.4, 0.5) is 5.00 Å². The van der Waals surface area contributed by atoms with Gasteiger partial charge in [-0.3, -0.25) is 0 Å². The molecule has 144 valence electrons. The Morgan fingerprint density at radius 1 is 1.26 bits per heavy atom. The number of aliphatic imine (C=N–C) groups is 1. The molecule has 6 nitrogen and oxygen atoms in total. The highest BCUT2D eigenvalue weighted by Gasteiger charge is 2.26. The van der Waals surface area contributed by atoms with E-state index in [9.17, 15) is 14.7 Å². The zero-order valence-electron chi connectivity index (χ0n) is 14.8. The third kappa shape index (κ3) is 4.88. The van der Waals surface area contributed by atoms with E-state index in [4.69, 9.17) is 21.1 Å². The number of carbonyl (C=O) groups excluding carboxylic acids is 2. The van der Waals surface area contributed by atoms with E-state index < -0.39 is 11.9 Å². The number of aromatic hydroxyl groups is 1. The Kier molecular flexibility index (Phi) is 7.41. The van der Waals surface area contributed by atoms with Gasteiger partial charge in [0, 0.05) is 16.8 Å². The van der Waals surface area contributed by atoms with E-state index in [0.717, 1.165) is 11.3 Å². The van der Waals surface area contributed by atoms with Crippen molar-refractivity contribution in [3.63, 3.8) is 0 Å². The molecule has 0 aliphatic heterocycles. The van der Waals surface area contributed by atoms with E-state index in [-0.39, 0.29) is 34.4 Å². The minimum Gasteiger partial charge on any atom is -0.506 e. The average Bonchev–Trinajstić information content (AvgIpc) is 2.93. The molecule has 0 saturated heterocycles. The molecule has 2 aromatic rings. The number of halogens is 2. The Bertz CT molecular complexity index is 910. The summed E-state index contributed by atoms with van der Waals surface area (Å²) in [6, 6.07) is 3.08. The van der Waals surface area contributed by atoms with E-state index in [1.54, 1.807) is 26.8 Å². The minimum atomic E-state index is -0.578. The van der Waals surface area contributed by atoms with Gasteiger partial charge in [-0.1, -0.05) is 11.6 Å². The molecule has 1 aromatic carbocycles. The highest BCUT2D eigenvalue weighted by molar-refractivity contribution is 9.10. The summed E-state index contributed by atoms with van der Waals surface area (Å²) in [6.07, 6.45) is 1.37. The molecule has 27 heavy (non-hydrogen) atoms. The largest absolute Gasteiger partial charge is 0.506 e. The van der Waals surface area contributed by atoms with Crippen molar-refractivity contribution in [3.8, 4) is 5.75 Å². The predicted octanol–water partition coefficient (Wildman–Crippen LogP) is 5.28. The van der Waals surface area contributed by atoms with Crippen LogP contribution in [0.5, 0.6) is 5.75 Å². The zero-order valence-corrected chi connectivity index (χ0v) is 18.0. The maximum atomic E-state index is 12.3. The summed E-state index contributed by atoms with van der Waals surface area (Å²) in [6.45, 7) is 5.44. The molecule has 0 fully saturated rings. The summed E-state index contributed by atoms with van der Waals surface area (Å²) in [7, 11) is 0. The number of benzene rings is 1. The third-order valence-corrected chi connectivity index (χ3v) is 5.45. The second-order valence-electron chi connectivity index (χ2n) is 5.26. The van der Waals surface area contributed by atoms with Crippen molar-refractivity contribution in [3.05, 3.63) is 43.2 Å². The van der Waals surface area contributed by atoms with Crippen LogP contribution in [0, 0.1) is 6.92 Å². The number of hydrogen-bond acceptors (Lipinski definition) is 7. The van der Waals surface area contributed by atoms with Crippen LogP contribution in [0.25, 0.3) is 0 Å².